The van der Waals surface area contributed by atoms with Crippen LogP contribution >= 0.6 is 22.9 Å². The number of hydrogen-bond acceptors (Lipinski definition) is 5. The number of thiophene rings is 1. The lowest BCUT2D eigenvalue weighted by molar-refractivity contribution is -0.123. The summed E-state index contributed by atoms with van der Waals surface area (Å²) in [6.07, 6.45) is 0. The van der Waals surface area contributed by atoms with Gasteiger partial charge in [-0.25, -0.2) is 9.59 Å². The summed E-state index contributed by atoms with van der Waals surface area (Å²) < 4.78 is 5.16. The Labute approximate surface area is 112 Å². The molecule has 0 aliphatic heterocycles. The van der Waals surface area contributed by atoms with Crippen molar-refractivity contribution >= 4 is 40.8 Å². The Morgan fingerprint density at radius 2 is 2.11 bits per heavy atom. The van der Waals surface area contributed by atoms with Crippen LogP contribution in [0.15, 0.2) is 12.1 Å². The third-order valence-corrected chi connectivity index (χ3v) is 2.91. The number of carbonyl (C=O) groups is 3. The fraction of sp³-hybridized carbons (Fsp3) is 0.300. The summed E-state index contributed by atoms with van der Waals surface area (Å²) in [5, 5.41) is 4.38. The van der Waals surface area contributed by atoms with Gasteiger partial charge in [0.25, 0.3) is 5.91 Å². The second-order valence-corrected chi connectivity index (χ2v) is 4.80. The van der Waals surface area contributed by atoms with Crippen LogP contribution in [0.5, 0.6) is 0 Å². The van der Waals surface area contributed by atoms with E-state index >= 15 is 0 Å². The highest BCUT2D eigenvalue weighted by atomic mass is 35.5. The van der Waals surface area contributed by atoms with Crippen molar-refractivity contribution in [3.05, 3.63) is 21.3 Å². The van der Waals surface area contributed by atoms with Crippen LogP contribution in [0.25, 0.3) is 0 Å². The number of rotatable bonds is 4. The molecule has 98 valence electrons. The largest absolute Gasteiger partial charge is 0.451 e. The molecule has 0 saturated heterocycles. The summed E-state index contributed by atoms with van der Waals surface area (Å²) in [5.41, 5.74) is 0. The molecular formula is C10H11ClN2O4S. The second-order valence-electron chi connectivity index (χ2n) is 3.09. The van der Waals surface area contributed by atoms with Gasteiger partial charge in [-0.15, -0.1) is 11.3 Å². The van der Waals surface area contributed by atoms with Crippen LogP contribution in [0.2, 0.25) is 4.34 Å². The van der Waals surface area contributed by atoms with E-state index in [1.54, 1.807) is 13.0 Å². The number of imide groups is 1. The van der Waals surface area contributed by atoms with Crippen LogP contribution in [0.1, 0.15) is 16.6 Å². The molecule has 1 heterocycles. The maximum absolute atomic E-state index is 11.4. The first-order valence-electron chi connectivity index (χ1n) is 5.03. The topological polar surface area (TPSA) is 84.5 Å². The van der Waals surface area contributed by atoms with Crippen molar-refractivity contribution < 1.29 is 19.1 Å². The molecule has 6 nitrogen and oxygen atoms in total. The Hall–Kier alpha value is -1.60. The van der Waals surface area contributed by atoms with Crippen molar-refractivity contribution in [2.24, 2.45) is 0 Å². The van der Waals surface area contributed by atoms with Crippen LogP contribution in [0, 0.1) is 0 Å². The summed E-state index contributed by atoms with van der Waals surface area (Å²) >= 11 is 6.70. The molecule has 0 aliphatic rings. The molecule has 8 heteroatoms. The number of nitrogens with one attached hydrogen (secondary N) is 2. The first-order chi connectivity index (χ1) is 8.52. The summed E-state index contributed by atoms with van der Waals surface area (Å²) in [7, 11) is 0. The van der Waals surface area contributed by atoms with Crippen molar-refractivity contribution in [2.75, 3.05) is 13.2 Å². The molecule has 1 aromatic heterocycles. The quantitative estimate of drug-likeness (QED) is 0.821. The fourth-order valence-corrected chi connectivity index (χ4v) is 1.93. The number of esters is 1. The molecule has 0 bridgehead atoms. The number of hydrogen-bond donors (Lipinski definition) is 2. The van der Waals surface area contributed by atoms with Crippen molar-refractivity contribution in [3.63, 3.8) is 0 Å². The van der Waals surface area contributed by atoms with Crippen LogP contribution < -0.4 is 10.6 Å². The Kier molecular flexibility index (Phi) is 5.60. The molecule has 0 atom stereocenters. The number of amides is 3. The highest BCUT2D eigenvalue weighted by molar-refractivity contribution is 7.17. The Bertz CT molecular complexity index is 460. The minimum atomic E-state index is -0.697. The lowest BCUT2D eigenvalue weighted by Gasteiger charge is -2.05. The Morgan fingerprint density at radius 3 is 2.67 bits per heavy atom. The number of ether oxygens (including phenoxy) is 1. The summed E-state index contributed by atoms with van der Waals surface area (Å²) in [5.74, 6) is -1.35. The van der Waals surface area contributed by atoms with Gasteiger partial charge in [0, 0.05) is 6.54 Å². The van der Waals surface area contributed by atoms with E-state index in [4.69, 9.17) is 16.3 Å². The summed E-state index contributed by atoms with van der Waals surface area (Å²) in [6.45, 7) is 1.59. The zero-order chi connectivity index (χ0) is 13.5. The maximum atomic E-state index is 11.4. The van der Waals surface area contributed by atoms with Gasteiger partial charge >= 0.3 is 12.0 Å². The zero-order valence-corrected chi connectivity index (χ0v) is 11.1. The van der Waals surface area contributed by atoms with Gasteiger partial charge in [0.1, 0.15) is 4.88 Å². The van der Waals surface area contributed by atoms with Gasteiger partial charge in [-0.2, -0.15) is 0 Å². The minimum Gasteiger partial charge on any atom is -0.451 e. The predicted molar refractivity (Wildman–Crippen MR) is 66.8 cm³/mol. The van der Waals surface area contributed by atoms with Gasteiger partial charge in [-0.1, -0.05) is 11.6 Å². The molecule has 0 aromatic carbocycles. The highest BCUT2D eigenvalue weighted by Crippen LogP contribution is 2.21. The first kappa shape index (κ1) is 14.5. The molecule has 0 fully saturated rings. The van der Waals surface area contributed by atoms with E-state index < -0.39 is 24.5 Å². The molecule has 3 amide bonds. The van der Waals surface area contributed by atoms with E-state index in [9.17, 15) is 14.4 Å². The number of carbonyl (C=O) groups excluding carboxylic acids is 3. The molecular weight excluding hydrogens is 280 g/mol. The van der Waals surface area contributed by atoms with E-state index in [1.165, 1.54) is 6.07 Å². The van der Waals surface area contributed by atoms with Gasteiger partial charge in [0.15, 0.2) is 6.61 Å². The van der Waals surface area contributed by atoms with Gasteiger partial charge in [-0.05, 0) is 19.1 Å². The Balaban J connectivity index is 2.34. The highest BCUT2D eigenvalue weighted by Gasteiger charge is 2.13. The molecule has 0 radical (unpaired) electrons. The van der Waals surface area contributed by atoms with Crippen molar-refractivity contribution in [3.8, 4) is 0 Å². The molecule has 0 unspecified atom stereocenters. The number of urea groups is 1. The maximum Gasteiger partial charge on any atom is 0.348 e. The average Bonchev–Trinajstić information content (AvgIpc) is 2.73. The van der Waals surface area contributed by atoms with Crippen molar-refractivity contribution in [1.82, 2.24) is 10.6 Å². The lowest BCUT2D eigenvalue weighted by atomic mass is 10.5. The predicted octanol–water partition coefficient (Wildman–Crippen LogP) is 1.40. The van der Waals surface area contributed by atoms with Crippen molar-refractivity contribution in [1.29, 1.82) is 0 Å². The first-order valence-corrected chi connectivity index (χ1v) is 6.22. The fourth-order valence-electron chi connectivity index (χ4n) is 0.994. The molecule has 2 N–H and O–H groups in total. The molecule has 0 saturated carbocycles. The van der Waals surface area contributed by atoms with Gasteiger partial charge in [0.05, 0.1) is 4.34 Å². The number of halogens is 1. The lowest BCUT2D eigenvalue weighted by Crippen LogP contribution is -2.41. The Morgan fingerprint density at radius 1 is 1.39 bits per heavy atom. The molecule has 0 spiro atoms. The van der Waals surface area contributed by atoms with Crippen LogP contribution in [-0.4, -0.2) is 31.1 Å². The molecule has 1 rings (SSSR count). The minimum absolute atomic E-state index is 0.297. The van der Waals surface area contributed by atoms with E-state index in [1.807, 2.05) is 5.32 Å². The average molecular weight is 291 g/mol. The summed E-state index contributed by atoms with van der Waals surface area (Å²) in [6, 6.07) is 2.42. The van der Waals surface area contributed by atoms with Gasteiger partial charge in [-0.3, -0.25) is 10.1 Å². The monoisotopic (exact) mass is 290 g/mol. The van der Waals surface area contributed by atoms with Gasteiger partial charge < -0.3 is 10.1 Å². The van der Waals surface area contributed by atoms with E-state index in [0.29, 0.717) is 15.8 Å². The molecule has 0 aliphatic carbocycles. The zero-order valence-electron chi connectivity index (χ0n) is 9.49. The van der Waals surface area contributed by atoms with E-state index in [2.05, 4.69) is 5.32 Å². The second kappa shape index (κ2) is 6.97. The molecule has 18 heavy (non-hydrogen) atoms. The third kappa shape index (κ3) is 4.72. The van der Waals surface area contributed by atoms with E-state index in [0.717, 1.165) is 11.3 Å². The SMILES string of the molecule is CCNC(=O)NC(=O)COC(=O)c1ccc(Cl)s1. The van der Waals surface area contributed by atoms with E-state index in [-0.39, 0.29) is 0 Å². The van der Waals surface area contributed by atoms with Crippen LogP contribution in [-0.2, 0) is 9.53 Å². The van der Waals surface area contributed by atoms with Crippen molar-refractivity contribution in [2.45, 2.75) is 6.92 Å². The molecule has 1 aromatic rings. The smallest absolute Gasteiger partial charge is 0.348 e. The standard InChI is InChI=1S/C10H11ClN2O4S/c1-2-12-10(16)13-8(14)5-17-9(15)6-3-4-7(11)18-6/h3-4H,2,5H2,1H3,(H2,12,13,14,16). The van der Waals surface area contributed by atoms with Gasteiger partial charge in [0.2, 0.25) is 0 Å². The third-order valence-electron chi connectivity index (χ3n) is 1.70. The normalized spacial score (nSPS) is 9.67. The van der Waals surface area contributed by atoms with Crippen LogP contribution in [0.4, 0.5) is 4.79 Å². The van der Waals surface area contributed by atoms with Crippen LogP contribution in [0.3, 0.4) is 0 Å². The summed E-state index contributed by atoms with van der Waals surface area (Å²) in [4.78, 5) is 33.9.